The van der Waals surface area contributed by atoms with Crippen LogP contribution >= 0.6 is 0 Å². The van der Waals surface area contributed by atoms with Crippen molar-refractivity contribution in [2.45, 2.75) is 73.0 Å². The molecule has 3 aromatic carbocycles. The Morgan fingerprint density at radius 3 is 2.10 bits per heavy atom. The second-order valence-corrected chi connectivity index (χ2v) is 12.4. The van der Waals surface area contributed by atoms with Gasteiger partial charge in [0.25, 0.3) is 11.7 Å². The quantitative estimate of drug-likeness (QED) is 0.175. The predicted octanol–water partition coefficient (Wildman–Crippen LogP) is 7.74. The number of rotatable bonds is 8. The highest BCUT2D eigenvalue weighted by Crippen LogP contribution is 2.43. The summed E-state index contributed by atoms with van der Waals surface area (Å²) in [5, 5.41) is 11.6. The first-order valence-electron chi connectivity index (χ1n) is 14.2. The Morgan fingerprint density at radius 1 is 0.927 bits per heavy atom. The maximum absolute atomic E-state index is 13.6. The smallest absolute Gasteiger partial charge is 0.300 e. The van der Waals surface area contributed by atoms with E-state index >= 15 is 0 Å². The highest BCUT2D eigenvalue weighted by atomic mass is 16.5. The molecule has 1 aliphatic heterocycles. The Balaban J connectivity index is 1.83. The molecule has 1 heterocycles. The Bertz CT molecular complexity index is 1440. The van der Waals surface area contributed by atoms with E-state index in [0.29, 0.717) is 40.8 Å². The summed E-state index contributed by atoms with van der Waals surface area (Å²) in [4.78, 5) is 28.7. The number of benzene rings is 3. The van der Waals surface area contributed by atoms with E-state index in [1.807, 2.05) is 69.3 Å². The summed E-state index contributed by atoms with van der Waals surface area (Å²) in [5.41, 5.74) is 3.64. The summed E-state index contributed by atoms with van der Waals surface area (Å²) in [6, 6.07) is 19.5. The zero-order chi connectivity index (χ0) is 30.1. The van der Waals surface area contributed by atoms with Crippen LogP contribution in [0.5, 0.6) is 11.5 Å². The molecule has 0 radical (unpaired) electrons. The maximum Gasteiger partial charge on any atom is 0.300 e. The summed E-state index contributed by atoms with van der Waals surface area (Å²) in [7, 11) is 0. The normalized spacial score (nSPS) is 17.0. The van der Waals surface area contributed by atoms with Crippen molar-refractivity contribution in [3.63, 3.8) is 0 Å². The van der Waals surface area contributed by atoms with Crippen LogP contribution in [0.25, 0.3) is 5.76 Å². The first kappa shape index (κ1) is 29.9. The molecule has 3 aromatic rings. The summed E-state index contributed by atoms with van der Waals surface area (Å²) in [6.07, 6.45) is 0.00328. The molecule has 1 N–H and O–H groups in total. The number of hydrogen-bond donors (Lipinski definition) is 1. The van der Waals surface area contributed by atoms with Crippen LogP contribution in [-0.4, -0.2) is 29.5 Å². The van der Waals surface area contributed by atoms with Gasteiger partial charge < -0.3 is 14.6 Å². The van der Waals surface area contributed by atoms with Crippen LogP contribution in [-0.2, 0) is 15.0 Å². The molecule has 4 rings (SSSR count). The van der Waals surface area contributed by atoms with Gasteiger partial charge in [-0.2, -0.15) is 0 Å². The van der Waals surface area contributed by atoms with Crippen molar-refractivity contribution in [2.24, 2.45) is 5.92 Å². The molecule has 0 aliphatic carbocycles. The molecule has 1 fully saturated rings. The average molecular weight is 556 g/mol. The molecule has 1 aliphatic rings. The van der Waals surface area contributed by atoms with Gasteiger partial charge in [-0.1, -0.05) is 58.9 Å². The van der Waals surface area contributed by atoms with Gasteiger partial charge in [0.1, 0.15) is 17.3 Å². The van der Waals surface area contributed by atoms with Gasteiger partial charge in [-0.15, -0.1) is 0 Å². The summed E-state index contributed by atoms with van der Waals surface area (Å²) < 4.78 is 11.7. The van der Waals surface area contributed by atoms with Crippen LogP contribution in [0.3, 0.4) is 0 Å². The first-order chi connectivity index (χ1) is 19.3. The van der Waals surface area contributed by atoms with Gasteiger partial charge in [0, 0.05) is 11.3 Å². The van der Waals surface area contributed by atoms with Crippen LogP contribution in [0, 0.1) is 12.8 Å². The molecule has 6 nitrogen and oxygen atoms in total. The third kappa shape index (κ3) is 6.48. The Kier molecular flexibility index (Phi) is 8.62. The molecule has 6 heteroatoms. The number of anilines is 1. The molecular formula is C35H41NO5. The number of carbonyl (C=O) groups excluding carboxylic acids is 2. The van der Waals surface area contributed by atoms with Gasteiger partial charge in [-0.3, -0.25) is 14.5 Å². The summed E-state index contributed by atoms with van der Waals surface area (Å²) in [6.45, 7) is 16.9. The maximum atomic E-state index is 13.6. The van der Waals surface area contributed by atoms with Crippen molar-refractivity contribution in [1.29, 1.82) is 0 Å². The standard InChI is InChI=1S/C35H41NO5/c1-21(2)20-40-29-18-11-25(19-23(29)5)32(37)30-31(24-9-16-28(17-10-24)41-22(3)4)36(34(39)33(30)38)27-14-12-26(13-15-27)35(6,7)8/h9-19,21-22,31,37H,20H2,1-8H3/b32-30-. The zero-order valence-corrected chi connectivity index (χ0v) is 25.3. The zero-order valence-electron chi connectivity index (χ0n) is 25.3. The fraction of sp³-hybridized carbons (Fsp3) is 0.371. The third-order valence-electron chi connectivity index (χ3n) is 7.04. The van der Waals surface area contributed by atoms with Gasteiger partial charge in [-0.25, -0.2) is 0 Å². The minimum atomic E-state index is -0.819. The molecule has 1 amide bonds. The average Bonchev–Trinajstić information content (AvgIpc) is 3.17. The van der Waals surface area contributed by atoms with Crippen LogP contribution in [0.4, 0.5) is 5.69 Å². The number of Topliss-reactive ketones (excluding diaryl/α,β-unsaturated/α-hetero) is 1. The van der Waals surface area contributed by atoms with E-state index in [2.05, 4.69) is 34.6 Å². The van der Waals surface area contributed by atoms with E-state index < -0.39 is 17.7 Å². The summed E-state index contributed by atoms with van der Waals surface area (Å²) >= 11 is 0. The number of aliphatic hydroxyl groups is 1. The fourth-order valence-electron chi connectivity index (χ4n) is 4.91. The SMILES string of the molecule is Cc1cc(/C(O)=C2/C(=O)C(=O)N(c3ccc(C(C)(C)C)cc3)C2c2ccc(OC(C)C)cc2)ccc1OCC(C)C. The highest BCUT2D eigenvalue weighted by molar-refractivity contribution is 6.51. The minimum absolute atomic E-state index is 0.00328. The molecular weight excluding hydrogens is 514 g/mol. The third-order valence-corrected chi connectivity index (χ3v) is 7.04. The molecule has 216 valence electrons. The number of amides is 1. The lowest BCUT2D eigenvalue weighted by molar-refractivity contribution is -0.132. The van der Waals surface area contributed by atoms with Gasteiger partial charge in [0.2, 0.25) is 0 Å². The Hall–Kier alpha value is -4.06. The van der Waals surface area contributed by atoms with Crippen LogP contribution in [0.2, 0.25) is 0 Å². The van der Waals surface area contributed by atoms with E-state index in [9.17, 15) is 14.7 Å². The number of aliphatic hydroxyl groups excluding tert-OH is 1. The van der Waals surface area contributed by atoms with Crippen molar-refractivity contribution in [2.75, 3.05) is 11.5 Å². The number of aryl methyl sites for hydroxylation is 1. The summed E-state index contributed by atoms with van der Waals surface area (Å²) in [5.74, 6) is 0.134. The van der Waals surface area contributed by atoms with Crippen molar-refractivity contribution >= 4 is 23.1 Å². The number of nitrogens with zero attached hydrogens (tertiary/aromatic N) is 1. The second kappa shape index (κ2) is 11.8. The molecule has 41 heavy (non-hydrogen) atoms. The Labute approximate surface area is 243 Å². The van der Waals surface area contributed by atoms with E-state index in [1.54, 1.807) is 18.2 Å². The molecule has 1 saturated heterocycles. The number of ether oxygens (including phenoxy) is 2. The van der Waals surface area contributed by atoms with Gasteiger partial charge in [-0.05, 0) is 91.3 Å². The first-order valence-corrected chi connectivity index (χ1v) is 14.2. The van der Waals surface area contributed by atoms with E-state index in [0.717, 1.165) is 11.1 Å². The van der Waals surface area contributed by atoms with Crippen molar-refractivity contribution in [3.8, 4) is 11.5 Å². The van der Waals surface area contributed by atoms with Gasteiger partial charge in [0.15, 0.2) is 0 Å². The number of hydrogen-bond acceptors (Lipinski definition) is 5. The van der Waals surface area contributed by atoms with Crippen LogP contribution in [0.1, 0.15) is 76.8 Å². The molecule has 1 unspecified atom stereocenters. The lowest BCUT2D eigenvalue weighted by Crippen LogP contribution is -2.29. The number of ketones is 1. The van der Waals surface area contributed by atoms with Gasteiger partial charge >= 0.3 is 0 Å². The Morgan fingerprint density at radius 2 is 1.56 bits per heavy atom. The lowest BCUT2D eigenvalue weighted by Gasteiger charge is -2.27. The number of carbonyl (C=O) groups is 2. The largest absolute Gasteiger partial charge is 0.507 e. The van der Waals surface area contributed by atoms with Crippen LogP contribution < -0.4 is 14.4 Å². The highest BCUT2D eigenvalue weighted by Gasteiger charge is 2.47. The van der Waals surface area contributed by atoms with E-state index in [1.165, 1.54) is 4.90 Å². The van der Waals surface area contributed by atoms with Crippen molar-refractivity contribution < 1.29 is 24.2 Å². The molecule has 0 spiro atoms. The van der Waals surface area contributed by atoms with E-state index in [-0.39, 0.29) is 22.9 Å². The molecule has 0 saturated carbocycles. The molecule has 0 bridgehead atoms. The molecule has 1 atom stereocenters. The van der Waals surface area contributed by atoms with Crippen molar-refractivity contribution in [3.05, 3.63) is 94.6 Å². The fourth-order valence-corrected chi connectivity index (χ4v) is 4.91. The monoisotopic (exact) mass is 555 g/mol. The second-order valence-electron chi connectivity index (χ2n) is 12.4. The topological polar surface area (TPSA) is 76.1 Å². The predicted molar refractivity (Wildman–Crippen MR) is 164 cm³/mol. The van der Waals surface area contributed by atoms with E-state index in [4.69, 9.17) is 9.47 Å². The van der Waals surface area contributed by atoms with Gasteiger partial charge in [0.05, 0.1) is 24.3 Å². The van der Waals surface area contributed by atoms with Crippen LogP contribution in [0.15, 0.2) is 72.3 Å². The van der Waals surface area contributed by atoms with Crippen molar-refractivity contribution in [1.82, 2.24) is 0 Å². The lowest BCUT2D eigenvalue weighted by atomic mass is 9.87. The molecule has 0 aromatic heterocycles. The minimum Gasteiger partial charge on any atom is -0.507 e.